The number of rotatable bonds is 5. The number of aromatic nitrogens is 1. The summed E-state index contributed by atoms with van der Waals surface area (Å²) >= 11 is 0. The summed E-state index contributed by atoms with van der Waals surface area (Å²) in [5.74, 6) is -0.309. The van der Waals surface area contributed by atoms with Gasteiger partial charge in [-0.1, -0.05) is 0 Å². The quantitative estimate of drug-likeness (QED) is 0.348. The maximum absolute atomic E-state index is 12.3. The van der Waals surface area contributed by atoms with Gasteiger partial charge in [-0.05, 0) is 17.7 Å². The number of hydrogen-bond donors (Lipinski definition) is 4. The van der Waals surface area contributed by atoms with Gasteiger partial charge in [-0.2, -0.15) is 5.10 Å². The van der Waals surface area contributed by atoms with Crippen LogP contribution < -0.4 is 10.7 Å². The number of carbonyl (C=O) groups excluding carboxylic acids is 2. The molecule has 1 fully saturated rings. The highest BCUT2D eigenvalue weighted by Gasteiger charge is 2.49. The first-order chi connectivity index (χ1) is 12.5. The third kappa shape index (κ3) is 3.48. The molecule has 2 aliphatic rings. The molecule has 1 saturated heterocycles. The van der Waals surface area contributed by atoms with Gasteiger partial charge in [-0.3, -0.25) is 15.1 Å². The number of fused-ring (bicyclic) bond motifs is 1. The molecule has 11 nitrogen and oxygen atoms in total. The van der Waals surface area contributed by atoms with E-state index >= 15 is 0 Å². The topological polar surface area (TPSA) is 143 Å². The number of pyridine rings is 1. The minimum atomic E-state index is -1.08. The number of β-amino-alcohol motifs (C(OH)–C–C–N with tert-alkyl or cyclic N) is 1. The van der Waals surface area contributed by atoms with Crippen LogP contribution in [-0.2, 0) is 4.79 Å². The molecule has 11 heteroatoms. The van der Waals surface area contributed by atoms with Crippen molar-refractivity contribution >= 4 is 24.1 Å². The summed E-state index contributed by atoms with van der Waals surface area (Å²) < 4.78 is 0. The first-order valence-electron chi connectivity index (χ1n) is 7.91. The smallest absolute Gasteiger partial charge is 0.325 e. The van der Waals surface area contributed by atoms with Crippen LogP contribution in [0.1, 0.15) is 5.56 Å². The Morgan fingerprint density at radius 3 is 2.85 bits per heavy atom. The van der Waals surface area contributed by atoms with Crippen molar-refractivity contribution in [2.24, 2.45) is 10.1 Å². The van der Waals surface area contributed by atoms with Gasteiger partial charge in [0.05, 0.1) is 25.5 Å². The molecule has 0 spiro atoms. The predicted octanol–water partition coefficient (Wildman–Crippen LogP) is -2.09. The summed E-state index contributed by atoms with van der Waals surface area (Å²) in [7, 11) is 1.52. The number of imide groups is 1. The lowest BCUT2D eigenvalue weighted by atomic mass is 10.1. The van der Waals surface area contributed by atoms with E-state index in [1.807, 2.05) is 0 Å². The molecule has 26 heavy (non-hydrogen) atoms. The van der Waals surface area contributed by atoms with Crippen molar-refractivity contribution in [1.82, 2.24) is 25.5 Å². The Hall–Kier alpha value is -3.05. The Balaban J connectivity index is 1.81. The van der Waals surface area contributed by atoms with E-state index in [2.05, 4.69) is 25.8 Å². The largest absolute Gasteiger partial charge is 0.394 e. The Labute approximate surface area is 149 Å². The van der Waals surface area contributed by atoms with Crippen LogP contribution in [0.3, 0.4) is 0 Å². The van der Waals surface area contributed by atoms with Crippen LogP contribution in [0, 0.1) is 0 Å². The fourth-order valence-electron chi connectivity index (χ4n) is 2.72. The van der Waals surface area contributed by atoms with E-state index in [0.717, 1.165) is 5.56 Å². The summed E-state index contributed by atoms with van der Waals surface area (Å²) in [5.41, 5.74) is 3.54. The molecule has 138 valence electrons. The van der Waals surface area contributed by atoms with E-state index in [1.165, 1.54) is 16.8 Å². The molecule has 3 rings (SSSR count). The normalized spacial score (nSPS) is 23.7. The van der Waals surface area contributed by atoms with Gasteiger partial charge in [0.1, 0.15) is 0 Å². The van der Waals surface area contributed by atoms with Crippen molar-refractivity contribution in [3.8, 4) is 0 Å². The number of nitrogens with one attached hydrogen (secondary N) is 2. The van der Waals surface area contributed by atoms with E-state index < -0.39 is 36.9 Å². The van der Waals surface area contributed by atoms with E-state index in [0.29, 0.717) is 0 Å². The van der Waals surface area contributed by atoms with E-state index in [-0.39, 0.29) is 12.5 Å². The number of guanidine groups is 1. The molecule has 1 aromatic heterocycles. The van der Waals surface area contributed by atoms with E-state index in [9.17, 15) is 14.7 Å². The van der Waals surface area contributed by atoms with Gasteiger partial charge in [0.2, 0.25) is 5.96 Å². The Bertz CT molecular complexity index is 739. The second kappa shape index (κ2) is 7.45. The average Bonchev–Trinajstić information content (AvgIpc) is 2.99. The number of nitrogens with zero attached hydrogens (tertiary/aromatic N) is 5. The molecule has 3 heterocycles. The highest BCUT2D eigenvalue weighted by atomic mass is 16.3. The lowest BCUT2D eigenvalue weighted by Crippen LogP contribution is -2.64. The third-order valence-electron chi connectivity index (χ3n) is 4.06. The van der Waals surface area contributed by atoms with Crippen molar-refractivity contribution in [2.75, 3.05) is 20.2 Å². The van der Waals surface area contributed by atoms with E-state index in [1.54, 1.807) is 30.7 Å². The van der Waals surface area contributed by atoms with Crippen LogP contribution in [0.4, 0.5) is 4.79 Å². The summed E-state index contributed by atoms with van der Waals surface area (Å²) in [6, 6.07) is 2.14. The summed E-state index contributed by atoms with van der Waals surface area (Å²) in [6.07, 6.45) is 2.96. The number of likely N-dealkylation sites (N-methyl/N-ethyl adjacent to an activating group) is 1. The fourth-order valence-corrected chi connectivity index (χ4v) is 2.72. The van der Waals surface area contributed by atoms with Crippen molar-refractivity contribution < 1.29 is 19.8 Å². The van der Waals surface area contributed by atoms with Crippen molar-refractivity contribution in [2.45, 2.75) is 18.3 Å². The zero-order chi connectivity index (χ0) is 18.7. The van der Waals surface area contributed by atoms with Gasteiger partial charge in [0, 0.05) is 19.4 Å². The van der Waals surface area contributed by atoms with Crippen LogP contribution in [-0.4, -0.2) is 87.6 Å². The second-order valence-corrected chi connectivity index (χ2v) is 5.86. The molecule has 3 unspecified atom stereocenters. The first-order valence-corrected chi connectivity index (χ1v) is 7.91. The third-order valence-corrected chi connectivity index (χ3v) is 4.06. The zero-order valence-corrected chi connectivity index (χ0v) is 14.0. The molecule has 0 aromatic carbocycles. The minimum absolute atomic E-state index is 0.0519. The lowest BCUT2D eigenvalue weighted by Gasteiger charge is -2.36. The number of hydrazone groups is 1. The van der Waals surface area contributed by atoms with Gasteiger partial charge in [-0.25, -0.2) is 15.2 Å². The number of aliphatic imine (C=N–C) groups is 1. The number of carbonyl (C=O) groups is 2. The predicted molar refractivity (Wildman–Crippen MR) is 91.1 cm³/mol. The van der Waals surface area contributed by atoms with Gasteiger partial charge in [-0.15, -0.1) is 0 Å². The van der Waals surface area contributed by atoms with Crippen molar-refractivity contribution in [3.63, 3.8) is 0 Å². The number of aliphatic hydroxyl groups excluding tert-OH is 2. The van der Waals surface area contributed by atoms with Crippen LogP contribution >= 0.6 is 0 Å². The Kier molecular flexibility index (Phi) is 5.09. The lowest BCUT2D eigenvalue weighted by molar-refractivity contribution is -0.127. The van der Waals surface area contributed by atoms with E-state index in [4.69, 9.17) is 5.11 Å². The molecule has 0 aliphatic carbocycles. The van der Waals surface area contributed by atoms with Gasteiger partial charge in [0.15, 0.2) is 12.2 Å². The number of amides is 3. The van der Waals surface area contributed by atoms with Crippen LogP contribution in [0.5, 0.6) is 0 Å². The van der Waals surface area contributed by atoms with Gasteiger partial charge < -0.3 is 20.0 Å². The SMILES string of the molecule is CN1C(=O)NC(=O)C2C1N=C(N/N=C/c1ccncc1)N2CC(O)CO. The Morgan fingerprint density at radius 1 is 1.42 bits per heavy atom. The minimum Gasteiger partial charge on any atom is -0.394 e. The zero-order valence-electron chi connectivity index (χ0n) is 14.0. The monoisotopic (exact) mass is 361 g/mol. The maximum Gasteiger partial charge on any atom is 0.325 e. The number of urea groups is 1. The fraction of sp³-hybridized carbons (Fsp3) is 0.400. The Morgan fingerprint density at radius 2 is 2.15 bits per heavy atom. The second-order valence-electron chi connectivity index (χ2n) is 5.86. The molecule has 4 N–H and O–H groups in total. The molecule has 0 bridgehead atoms. The highest BCUT2D eigenvalue weighted by molar-refractivity contribution is 6.03. The van der Waals surface area contributed by atoms with Crippen LogP contribution in [0.15, 0.2) is 34.6 Å². The number of aliphatic hydroxyl groups is 2. The van der Waals surface area contributed by atoms with Gasteiger partial charge in [0.25, 0.3) is 5.91 Å². The average molecular weight is 361 g/mol. The van der Waals surface area contributed by atoms with Crippen LogP contribution in [0.25, 0.3) is 0 Å². The molecule has 1 aromatic rings. The summed E-state index contributed by atoms with van der Waals surface area (Å²) in [5, 5.41) is 25.2. The standard InChI is InChI=1S/C15H19N7O4/c1-21-12-11(13(25)19-15(21)26)22(7-10(24)8-23)14(18-12)20-17-6-9-2-4-16-5-3-9/h2-6,10-12,23-24H,7-8H2,1H3,(H,18,20)(H,19,25,26)/b17-6+. The molecular formula is C15H19N7O4. The molecule has 3 amide bonds. The van der Waals surface area contributed by atoms with Crippen LogP contribution in [0.2, 0.25) is 0 Å². The summed E-state index contributed by atoms with van der Waals surface area (Å²) in [4.78, 5) is 35.1. The van der Waals surface area contributed by atoms with Gasteiger partial charge >= 0.3 is 6.03 Å². The highest BCUT2D eigenvalue weighted by Crippen LogP contribution is 2.23. The summed E-state index contributed by atoms with van der Waals surface area (Å²) in [6.45, 7) is -0.526. The molecule has 0 radical (unpaired) electrons. The first kappa shape index (κ1) is 17.8. The molecular weight excluding hydrogens is 342 g/mol. The molecule has 0 saturated carbocycles. The maximum atomic E-state index is 12.3. The van der Waals surface area contributed by atoms with Crippen molar-refractivity contribution in [1.29, 1.82) is 0 Å². The number of hydrogen-bond acceptors (Lipinski definition) is 9. The molecule has 3 atom stereocenters. The molecule has 2 aliphatic heterocycles. The van der Waals surface area contributed by atoms with Crippen molar-refractivity contribution in [3.05, 3.63) is 30.1 Å².